The van der Waals surface area contributed by atoms with Gasteiger partial charge in [-0.3, -0.25) is 10.1 Å². The molecule has 2 N–H and O–H groups in total. The van der Waals surface area contributed by atoms with Crippen LogP contribution in [0.5, 0.6) is 0 Å². The largest absolute Gasteiger partial charge is 0.352 e. The SMILES string of the molecule is C[C@H](N[C@H](C(=O)NC1CC1)c1ccc(F)cc1)c1cccc(Cl)c1. The molecule has 0 bridgehead atoms. The van der Waals surface area contributed by atoms with Gasteiger partial charge in [-0.05, 0) is 55.2 Å². The highest BCUT2D eigenvalue weighted by molar-refractivity contribution is 6.30. The molecule has 2 aromatic rings. The number of halogens is 2. The van der Waals surface area contributed by atoms with Crippen LogP contribution in [0.3, 0.4) is 0 Å². The average Bonchev–Trinajstić information content (AvgIpc) is 3.37. The Bertz CT molecular complexity index is 716. The second kappa shape index (κ2) is 7.32. The smallest absolute Gasteiger partial charge is 0.241 e. The van der Waals surface area contributed by atoms with Gasteiger partial charge in [0.15, 0.2) is 0 Å². The molecule has 126 valence electrons. The van der Waals surface area contributed by atoms with Gasteiger partial charge in [0.05, 0.1) is 0 Å². The summed E-state index contributed by atoms with van der Waals surface area (Å²) in [7, 11) is 0. The van der Waals surface area contributed by atoms with Crippen LogP contribution in [0.2, 0.25) is 5.02 Å². The standard InChI is InChI=1S/C19H20ClFN2O/c1-12(14-3-2-4-15(20)11-14)22-18(19(24)23-17-9-10-17)13-5-7-16(21)8-6-13/h2-8,11-12,17-18,22H,9-10H2,1H3,(H,23,24)/t12-,18-/m0/s1. The van der Waals surface area contributed by atoms with Crippen molar-refractivity contribution in [3.8, 4) is 0 Å². The Labute approximate surface area is 146 Å². The predicted molar refractivity (Wildman–Crippen MR) is 93.3 cm³/mol. The number of carbonyl (C=O) groups is 1. The third-order valence-electron chi connectivity index (χ3n) is 4.15. The van der Waals surface area contributed by atoms with Gasteiger partial charge in [-0.15, -0.1) is 0 Å². The molecule has 0 heterocycles. The fourth-order valence-electron chi connectivity index (χ4n) is 2.61. The molecule has 2 aromatic carbocycles. The van der Waals surface area contributed by atoms with Crippen molar-refractivity contribution >= 4 is 17.5 Å². The van der Waals surface area contributed by atoms with Gasteiger partial charge in [-0.25, -0.2) is 4.39 Å². The maximum absolute atomic E-state index is 13.2. The first-order chi connectivity index (χ1) is 11.5. The number of amides is 1. The normalized spacial score (nSPS) is 16.5. The number of carbonyl (C=O) groups excluding carboxylic acids is 1. The van der Waals surface area contributed by atoms with E-state index in [4.69, 9.17) is 11.6 Å². The summed E-state index contributed by atoms with van der Waals surface area (Å²) in [5.74, 6) is -0.402. The highest BCUT2D eigenvalue weighted by Gasteiger charge is 2.29. The van der Waals surface area contributed by atoms with Crippen LogP contribution in [0, 0.1) is 5.82 Å². The number of rotatable bonds is 6. The van der Waals surface area contributed by atoms with E-state index in [1.54, 1.807) is 12.1 Å². The zero-order chi connectivity index (χ0) is 17.1. The summed E-state index contributed by atoms with van der Waals surface area (Å²) in [5, 5.41) is 7.00. The monoisotopic (exact) mass is 346 g/mol. The molecular formula is C19H20ClFN2O. The minimum atomic E-state index is -0.541. The van der Waals surface area contributed by atoms with Gasteiger partial charge in [0, 0.05) is 17.1 Å². The van der Waals surface area contributed by atoms with E-state index in [0.29, 0.717) is 5.02 Å². The molecule has 0 radical (unpaired) electrons. The summed E-state index contributed by atoms with van der Waals surface area (Å²) < 4.78 is 13.2. The van der Waals surface area contributed by atoms with Crippen LogP contribution in [-0.4, -0.2) is 11.9 Å². The fraction of sp³-hybridized carbons (Fsp3) is 0.316. The highest BCUT2D eigenvalue weighted by atomic mass is 35.5. The fourth-order valence-corrected chi connectivity index (χ4v) is 2.81. The van der Waals surface area contributed by atoms with Crippen LogP contribution in [0.15, 0.2) is 48.5 Å². The van der Waals surface area contributed by atoms with Gasteiger partial charge in [-0.2, -0.15) is 0 Å². The summed E-state index contributed by atoms with van der Waals surface area (Å²) in [6.07, 6.45) is 2.04. The lowest BCUT2D eigenvalue weighted by Crippen LogP contribution is -2.39. The first-order valence-electron chi connectivity index (χ1n) is 8.10. The lowest BCUT2D eigenvalue weighted by molar-refractivity contribution is -0.123. The van der Waals surface area contributed by atoms with Crippen LogP contribution >= 0.6 is 11.6 Å². The minimum absolute atomic E-state index is 0.0799. The van der Waals surface area contributed by atoms with Crippen molar-refractivity contribution in [3.63, 3.8) is 0 Å². The van der Waals surface area contributed by atoms with Gasteiger partial charge in [0.2, 0.25) is 5.91 Å². The van der Waals surface area contributed by atoms with Crippen LogP contribution < -0.4 is 10.6 Å². The van der Waals surface area contributed by atoms with Crippen molar-refractivity contribution < 1.29 is 9.18 Å². The van der Waals surface area contributed by atoms with Gasteiger partial charge in [-0.1, -0.05) is 35.9 Å². The van der Waals surface area contributed by atoms with Crippen LogP contribution in [-0.2, 0) is 4.79 Å². The molecule has 2 atom stereocenters. The number of nitrogens with one attached hydrogen (secondary N) is 2. The van der Waals surface area contributed by atoms with E-state index in [1.165, 1.54) is 12.1 Å². The predicted octanol–water partition coefficient (Wildman–Crippen LogP) is 4.15. The van der Waals surface area contributed by atoms with Crippen molar-refractivity contribution in [2.75, 3.05) is 0 Å². The van der Waals surface area contributed by atoms with Gasteiger partial charge >= 0.3 is 0 Å². The van der Waals surface area contributed by atoms with E-state index in [9.17, 15) is 9.18 Å². The van der Waals surface area contributed by atoms with Crippen LogP contribution in [0.4, 0.5) is 4.39 Å². The van der Waals surface area contributed by atoms with E-state index < -0.39 is 6.04 Å². The number of hydrogen-bond acceptors (Lipinski definition) is 2. The lowest BCUT2D eigenvalue weighted by atomic mass is 10.0. The summed E-state index contributed by atoms with van der Waals surface area (Å²) in [6, 6.07) is 13.2. The van der Waals surface area contributed by atoms with E-state index in [0.717, 1.165) is 24.0 Å². The van der Waals surface area contributed by atoms with Crippen molar-refractivity contribution in [2.45, 2.75) is 37.9 Å². The number of benzene rings is 2. The molecule has 0 saturated heterocycles. The molecule has 0 spiro atoms. The van der Waals surface area contributed by atoms with Crippen molar-refractivity contribution in [1.82, 2.24) is 10.6 Å². The minimum Gasteiger partial charge on any atom is -0.352 e. The van der Waals surface area contributed by atoms with Crippen molar-refractivity contribution in [2.24, 2.45) is 0 Å². The van der Waals surface area contributed by atoms with Crippen molar-refractivity contribution in [1.29, 1.82) is 0 Å². The molecule has 3 nitrogen and oxygen atoms in total. The average molecular weight is 347 g/mol. The summed E-state index contributed by atoms with van der Waals surface area (Å²) in [4.78, 5) is 12.6. The Kier molecular flexibility index (Phi) is 5.17. The topological polar surface area (TPSA) is 41.1 Å². The quantitative estimate of drug-likeness (QED) is 0.825. The third-order valence-corrected chi connectivity index (χ3v) is 4.39. The molecule has 1 aliphatic rings. The Morgan fingerprint density at radius 2 is 1.88 bits per heavy atom. The molecule has 0 aromatic heterocycles. The zero-order valence-corrected chi connectivity index (χ0v) is 14.2. The van der Waals surface area contributed by atoms with Gasteiger partial charge < -0.3 is 5.32 Å². The molecule has 1 aliphatic carbocycles. The van der Waals surface area contributed by atoms with E-state index >= 15 is 0 Å². The van der Waals surface area contributed by atoms with Gasteiger partial charge in [0.25, 0.3) is 0 Å². The Hall–Kier alpha value is -1.91. The Morgan fingerprint density at radius 1 is 1.17 bits per heavy atom. The molecular weight excluding hydrogens is 327 g/mol. The Morgan fingerprint density at radius 3 is 2.50 bits per heavy atom. The Balaban J connectivity index is 1.80. The number of hydrogen-bond donors (Lipinski definition) is 2. The maximum Gasteiger partial charge on any atom is 0.241 e. The highest BCUT2D eigenvalue weighted by Crippen LogP contribution is 2.25. The zero-order valence-electron chi connectivity index (χ0n) is 13.4. The summed E-state index contributed by atoms with van der Waals surface area (Å²) >= 11 is 6.05. The molecule has 5 heteroatoms. The van der Waals surface area contributed by atoms with E-state index in [1.807, 2.05) is 31.2 Å². The molecule has 1 fully saturated rings. The molecule has 0 unspecified atom stereocenters. The maximum atomic E-state index is 13.2. The first-order valence-corrected chi connectivity index (χ1v) is 8.48. The molecule has 3 rings (SSSR count). The van der Waals surface area contributed by atoms with E-state index in [-0.39, 0.29) is 23.8 Å². The van der Waals surface area contributed by atoms with Crippen molar-refractivity contribution in [3.05, 3.63) is 70.5 Å². The van der Waals surface area contributed by atoms with Crippen LogP contribution in [0.25, 0.3) is 0 Å². The molecule has 0 aliphatic heterocycles. The summed E-state index contributed by atoms with van der Waals surface area (Å²) in [6.45, 7) is 1.98. The third kappa shape index (κ3) is 4.34. The molecule has 1 saturated carbocycles. The van der Waals surface area contributed by atoms with Crippen LogP contribution in [0.1, 0.15) is 43.0 Å². The van der Waals surface area contributed by atoms with Gasteiger partial charge in [0.1, 0.15) is 11.9 Å². The van der Waals surface area contributed by atoms with E-state index in [2.05, 4.69) is 10.6 Å². The first kappa shape index (κ1) is 16.9. The second-order valence-electron chi connectivity index (χ2n) is 6.21. The molecule has 24 heavy (non-hydrogen) atoms. The second-order valence-corrected chi connectivity index (χ2v) is 6.65. The summed E-state index contributed by atoms with van der Waals surface area (Å²) in [5.41, 5.74) is 1.73. The lowest BCUT2D eigenvalue weighted by Gasteiger charge is -2.24. The molecule has 1 amide bonds.